The first-order chi connectivity index (χ1) is 10.2. The minimum absolute atomic E-state index is 0.183. The third-order valence-corrected chi connectivity index (χ3v) is 4.48. The molecular weight excluding hydrogens is 304 g/mol. The van der Waals surface area contributed by atoms with Gasteiger partial charge in [-0.3, -0.25) is 9.10 Å². The quantitative estimate of drug-likeness (QED) is 0.816. The Kier molecular flexibility index (Phi) is 6.37. The zero-order valence-electron chi connectivity index (χ0n) is 13.7. The largest absolute Gasteiger partial charge is 0.383 e. The van der Waals surface area contributed by atoms with Crippen molar-refractivity contribution in [3.8, 4) is 0 Å². The Bertz CT molecular complexity index is 628. The van der Waals surface area contributed by atoms with Crippen LogP contribution < -0.4 is 9.62 Å². The minimum atomic E-state index is -3.56. The molecule has 0 aliphatic heterocycles. The van der Waals surface area contributed by atoms with Crippen molar-refractivity contribution >= 4 is 21.6 Å². The number of methoxy groups -OCH3 is 1. The smallest absolute Gasteiger partial charge is 0.241 e. The lowest BCUT2D eigenvalue weighted by molar-refractivity contribution is -0.120. The van der Waals surface area contributed by atoms with Crippen LogP contribution in [0.3, 0.4) is 0 Å². The van der Waals surface area contributed by atoms with E-state index in [1.807, 2.05) is 19.9 Å². The van der Waals surface area contributed by atoms with Crippen molar-refractivity contribution in [1.29, 1.82) is 0 Å². The molecule has 1 aromatic carbocycles. The van der Waals surface area contributed by atoms with Crippen LogP contribution in [0.2, 0.25) is 0 Å². The number of rotatable bonds is 7. The molecule has 0 aliphatic carbocycles. The summed E-state index contributed by atoms with van der Waals surface area (Å²) in [6, 6.07) is 5.20. The average Bonchev–Trinajstić information content (AvgIpc) is 2.38. The number of sulfonamides is 1. The van der Waals surface area contributed by atoms with E-state index in [2.05, 4.69) is 5.32 Å². The van der Waals surface area contributed by atoms with Crippen LogP contribution in [0, 0.1) is 13.8 Å². The molecule has 124 valence electrons. The highest BCUT2D eigenvalue weighted by Crippen LogP contribution is 2.24. The van der Waals surface area contributed by atoms with E-state index in [0.717, 1.165) is 21.7 Å². The fourth-order valence-corrected chi connectivity index (χ4v) is 3.04. The van der Waals surface area contributed by atoms with Crippen molar-refractivity contribution in [2.45, 2.75) is 26.8 Å². The lowest BCUT2D eigenvalue weighted by Crippen LogP contribution is -2.44. The number of aryl methyl sites for hydroxylation is 1. The van der Waals surface area contributed by atoms with Gasteiger partial charge in [-0.25, -0.2) is 8.42 Å². The Morgan fingerprint density at radius 3 is 2.55 bits per heavy atom. The van der Waals surface area contributed by atoms with Crippen molar-refractivity contribution in [1.82, 2.24) is 5.32 Å². The topological polar surface area (TPSA) is 75.7 Å². The number of carbonyl (C=O) groups is 1. The molecule has 1 aromatic rings. The molecule has 1 rings (SSSR count). The summed E-state index contributed by atoms with van der Waals surface area (Å²) in [5.41, 5.74) is 2.34. The van der Waals surface area contributed by atoms with Crippen molar-refractivity contribution in [2.24, 2.45) is 0 Å². The van der Waals surface area contributed by atoms with Gasteiger partial charge >= 0.3 is 0 Å². The Labute approximate surface area is 132 Å². The van der Waals surface area contributed by atoms with Gasteiger partial charge < -0.3 is 10.1 Å². The highest BCUT2D eigenvalue weighted by atomic mass is 32.2. The maximum absolute atomic E-state index is 12.1. The molecule has 0 aliphatic rings. The molecule has 0 radical (unpaired) electrons. The summed E-state index contributed by atoms with van der Waals surface area (Å²) >= 11 is 0. The highest BCUT2D eigenvalue weighted by Gasteiger charge is 2.23. The van der Waals surface area contributed by atoms with E-state index in [9.17, 15) is 13.2 Å². The lowest BCUT2D eigenvalue weighted by atomic mass is 10.1. The Hall–Kier alpha value is -1.60. The fourth-order valence-electron chi connectivity index (χ4n) is 2.13. The first-order valence-electron chi connectivity index (χ1n) is 6.99. The molecule has 1 atom stereocenters. The maximum atomic E-state index is 12.1. The van der Waals surface area contributed by atoms with Crippen LogP contribution in [0.15, 0.2) is 18.2 Å². The number of nitrogens with one attached hydrogen (secondary N) is 1. The van der Waals surface area contributed by atoms with Crippen LogP contribution >= 0.6 is 0 Å². The number of amides is 1. The normalized spacial score (nSPS) is 12.8. The van der Waals surface area contributed by atoms with Crippen LogP contribution in [-0.2, 0) is 19.6 Å². The molecule has 0 unspecified atom stereocenters. The van der Waals surface area contributed by atoms with E-state index in [1.54, 1.807) is 26.2 Å². The number of nitrogens with zero attached hydrogens (tertiary/aromatic N) is 1. The predicted octanol–water partition coefficient (Wildman–Crippen LogP) is 1.22. The minimum Gasteiger partial charge on any atom is -0.383 e. The molecule has 1 N–H and O–H groups in total. The Morgan fingerprint density at radius 1 is 1.36 bits per heavy atom. The Balaban J connectivity index is 3.01. The molecule has 22 heavy (non-hydrogen) atoms. The molecule has 0 spiro atoms. The van der Waals surface area contributed by atoms with Crippen LogP contribution in [0.4, 0.5) is 5.69 Å². The summed E-state index contributed by atoms with van der Waals surface area (Å²) in [5, 5.41) is 2.72. The van der Waals surface area contributed by atoms with E-state index in [0.29, 0.717) is 12.3 Å². The first kappa shape index (κ1) is 18.4. The zero-order chi connectivity index (χ0) is 16.9. The van der Waals surface area contributed by atoms with Gasteiger partial charge in [0.1, 0.15) is 6.54 Å². The number of carbonyl (C=O) groups excluding carboxylic acids is 1. The van der Waals surface area contributed by atoms with Crippen molar-refractivity contribution in [3.63, 3.8) is 0 Å². The van der Waals surface area contributed by atoms with Crippen LogP contribution in [0.25, 0.3) is 0 Å². The molecule has 0 fully saturated rings. The second-order valence-electron chi connectivity index (χ2n) is 5.41. The van der Waals surface area contributed by atoms with Gasteiger partial charge in [-0.2, -0.15) is 0 Å². The number of ether oxygens (including phenoxy) is 1. The second-order valence-corrected chi connectivity index (χ2v) is 7.32. The van der Waals surface area contributed by atoms with Gasteiger partial charge in [0.15, 0.2) is 0 Å². The summed E-state index contributed by atoms with van der Waals surface area (Å²) in [5.74, 6) is -0.365. The fraction of sp³-hybridized carbons (Fsp3) is 0.533. The van der Waals surface area contributed by atoms with Crippen molar-refractivity contribution in [2.75, 3.05) is 30.8 Å². The third-order valence-electron chi connectivity index (χ3n) is 3.36. The number of anilines is 1. The summed E-state index contributed by atoms with van der Waals surface area (Å²) in [4.78, 5) is 12.1. The average molecular weight is 328 g/mol. The van der Waals surface area contributed by atoms with E-state index in [4.69, 9.17) is 4.74 Å². The predicted molar refractivity (Wildman–Crippen MR) is 87.6 cm³/mol. The molecule has 6 nitrogen and oxygen atoms in total. The summed E-state index contributed by atoms with van der Waals surface area (Å²) in [6.45, 7) is 5.66. The summed E-state index contributed by atoms with van der Waals surface area (Å²) in [7, 11) is -2.02. The van der Waals surface area contributed by atoms with Gasteiger partial charge in [-0.15, -0.1) is 0 Å². The van der Waals surface area contributed by atoms with Crippen molar-refractivity contribution < 1.29 is 17.9 Å². The molecular formula is C15H24N2O4S. The molecule has 0 aromatic heterocycles. The van der Waals surface area contributed by atoms with E-state index >= 15 is 0 Å². The van der Waals surface area contributed by atoms with Crippen LogP contribution in [0.1, 0.15) is 18.1 Å². The lowest BCUT2D eigenvalue weighted by Gasteiger charge is -2.25. The van der Waals surface area contributed by atoms with Crippen LogP contribution in [-0.4, -0.2) is 46.9 Å². The van der Waals surface area contributed by atoms with E-state index in [-0.39, 0.29) is 18.5 Å². The van der Waals surface area contributed by atoms with Crippen LogP contribution in [0.5, 0.6) is 0 Å². The van der Waals surface area contributed by atoms with E-state index in [1.165, 1.54) is 0 Å². The monoisotopic (exact) mass is 328 g/mol. The molecule has 0 bridgehead atoms. The SMILES string of the molecule is COC[C@H](C)NC(=O)CN(c1cccc(C)c1C)S(C)(=O)=O. The number of hydrogen-bond donors (Lipinski definition) is 1. The number of hydrogen-bond acceptors (Lipinski definition) is 4. The van der Waals surface area contributed by atoms with Gasteiger partial charge in [0.2, 0.25) is 15.9 Å². The second kappa shape index (κ2) is 7.60. The third kappa shape index (κ3) is 4.99. The highest BCUT2D eigenvalue weighted by molar-refractivity contribution is 7.92. The summed E-state index contributed by atoms with van der Waals surface area (Å²) < 4.78 is 30.2. The standard InChI is InChI=1S/C15H24N2O4S/c1-11-7-6-8-14(13(11)3)17(22(5,19)20)9-15(18)16-12(2)10-21-4/h6-8,12H,9-10H2,1-5H3,(H,16,18)/t12-/m0/s1. The zero-order valence-corrected chi connectivity index (χ0v) is 14.5. The molecule has 0 saturated carbocycles. The molecule has 7 heteroatoms. The molecule has 1 amide bonds. The van der Waals surface area contributed by atoms with E-state index < -0.39 is 10.0 Å². The van der Waals surface area contributed by atoms with Gasteiger partial charge in [0.05, 0.1) is 18.6 Å². The number of benzene rings is 1. The summed E-state index contributed by atoms with van der Waals surface area (Å²) in [6.07, 6.45) is 1.10. The van der Waals surface area contributed by atoms with Gasteiger partial charge in [0.25, 0.3) is 0 Å². The molecule has 0 heterocycles. The van der Waals surface area contributed by atoms with Crippen molar-refractivity contribution in [3.05, 3.63) is 29.3 Å². The Morgan fingerprint density at radius 2 is 2.00 bits per heavy atom. The maximum Gasteiger partial charge on any atom is 0.241 e. The van der Waals surface area contributed by atoms with Gasteiger partial charge in [0, 0.05) is 13.2 Å². The first-order valence-corrected chi connectivity index (χ1v) is 8.84. The van der Waals surface area contributed by atoms with Gasteiger partial charge in [-0.05, 0) is 38.0 Å². The molecule has 0 saturated heterocycles. The van der Waals surface area contributed by atoms with Gasteiger partial charge in [-0.1, -0.05) is 12.1 Å².